The lowest BCUT2D eigenvalue weighted by Gasteiger charge is -1.91. The molecule has 0 saturated carbocycles. The minimum Gasteiger partial charge on any atom is -0.394 e. The van der Waals surface area contributed by atoms with Crippen LogP contribution >= 0.6 is 0 Å². The molecule has 0 aromatic heterocycles. The van der Waals surface area contributed by atoms with Crippen molar-refractivity contribution in [3.05, 3.63) is 0 Å². The van der Waals surface area contributed by atoms with Crippen molar-refractivity contribution in [1.29, 1.82) is 0 Å². The highest BCUT2D eigenvalue weighted by Crippen LogP contribution is 1.70. The van der Waals surface area contributed by atoms with Crippen LogP contribution in [0.15, 0.2) is 0 Å². The molecule has 0 aliphatic carbocycles. The lowest BCUT2D eigenvalue weighted by atomic mass is 10.8. The van der Waals surface area contributed by atoms with Crippen molar-refractivity contribution in [3.8, 4) is 0 Å². The molecule has 0 rings (SSSR count). The monoisotopic (exact) mass is 859 g/mol. The summed E-state index contributed by atoms with van der Waals surface area (Å²) in [6.07, 6.45) is 0. The van der Waals surface area contributed by atoms with Gasteiger partial charge in [-0.2, -0.15) is 0 Å². The van der Waals surface area contributed by atoms with Gasteiger partial charge in [-0.25, -0.2) is 0 Å². The average Bonchev–Trinajstić information content (AvgIpc) is 3.24. The second-order valence-corrected chi connectivity index (χ2v) is 8.59. The molecule has 0 saturated heterocycles. The molecule has 0 radical (unpaired) electrons. The van der Waals surface area contributed by atoms with Crippen molar-refractivity contribution < 1.29 is 98.4 Å². The number of hydrogen-bond donors (Lipinski definition) is 10. The minimum atomic E-state index is 0.122. The fourth-order valence-corrected chi connectivity index (χ4v) is 1.74. The molecule has 362 valence electrons. The zero-order valence-electron chi connectivity index (χ0n) is 37.6. The Balaban J connectivity index is -0.0000000539. The Labute approximate surface area is 346 Å². The van der Waals surface area contributed by atoms with E-state index >= 15 is 0 Å². The summed E-state index contributed by atoms with van der Waals surface area (Å²) in [6.45, 7) is 24.1. The van der Waals surface area contributed by atoms with E-state index in [0.29, 0.717) is 112 Å². The van der Waals surface area contributed by atoms with Crippen LogP contribution in [-0.4, -0.2) is 251 Å². The van der Waals surface area contributed by atoms with Crippen molar-refractivity contribution in [3.63, 3.8) is 0 Å². The largest absolute Gasteiger partial charge is 0.394 e. The molecule has 0 aromatic carbocycles. The summed E-state index contributed by atoms with van der Waals surface area (Å²) in [5.74, 6) is 0. The Morgan fingerprint density at radius 2 is 0.316 bits per heavy atom. The molecule has 0 atom stereocenters. The van der Waals surface area contributed by atoms with Crippen molar-refractivity contribution in [2.45, 2.75) is 48.5 Å². The molecular weight excluding hydrogens is 764 g/mol. The molecule has 0 spiro atoms. The number of aliphatic hydroxyl groups excluding tert-OH is 10. The maximum atomic E-state index is 8.07. The Morgan fingerprint density at radius 1 is 0.211 bits per heavy atom. The number of rotatable bonds is 27. The second-order valence-electron chi connectivity index (χ2n) is 8.59. The number of hydrogen-bond acceptors (Lipinski definition) is 20. The summed E-state index contributed by atoms with van der Waals surface area (Å²) in [5.41, 5.74) is 0. The highest BCUT2D eigenvalue weighted by molar-refractivity contribution is 4.21. The lowest BCUT2D eigenvalue weighted by Crippen LogP contribution is -1.96. The molecule has 0 bridgehead atoms. The smallest absolute Gasteiger partial charge is 0.0697 e. The highest BCUT2D eigenvalue weighted by Gasteiger charge is 1.77. The van der Waals surface area contributed by atoms with E-state index in [9.17, 15) is 0 Å². The van der Waals surface area contributed by atoms with Gasteiger partial charge in [-0.15, -0.1) is 0 Å². The Bertz CT molecular complexity index is 312. The van der Waals surface area contributed by atoms with Gasteiger partial charge >= 0.3 is 0 Å². The Morgan fingerprint density at radius 3 is 0.333 bits per heavy atom. The molecule has 20 heteroatoms. The fourth-order valence-electron chi connectivity index (χ4n) is 1.74. The summed E-state index contributed by atoms with van der Waals surface area (Å²) in [6, 6.07) is 0. The molecule has 20 nitrogen and oxygen atoms in total. The Hall–Kier alpha value is -0.800. The Kier molecular flexibility index (Phi) is 174. The quantitative estimate of drug-likeness (QED) is 0.0443. The molecule has 0 aliphatic heterocycles. The van der Waals surface area contributed by atoms with Crippen LogP contribution in [0.4, 0.5) is 0 Å². The third-order valence-corrected chi connectivity index (χ3v) is 3.96. The first-order valence-electron chi connectivity index (χ1n) is 19.2. The SMILES string of the molecule is CCOCCO.CCOCCO.CCOCCO.CCOCCO.CCOCCO.CCOCCO.CCOCCO.COCCO.COCCO.COCCO. The fraction of sp³-hybridized carbons (Fsp3) is 1.00. The zero-order valence-corrected chi connectivity index (χ0v) is 37.6. The standard InChI is InChI=1S/7C4H10O2.3C3H8O2/c7*1-2-6-4-3-5;3*1-5-3-2-4/h7*5H,2-4H2,1H3;3*4H,2-3H2,1H3. The van der Waals surface area contributed by atoms with Crippen LogP contribution in [0.25, 0.3) is 0 Å². The summed E-state index contributed by atoms with van der Waals surface area (Å²) < 4.78 is 46.5. The van der Waals surface area contributed by atoms with E-state index < -0.39 is 0 Å². The van der Waals surface area contributed by atoms with Gasteiger partial charge in [0.1, 0.15) is 0 Å². The van der Waals surface area contributed by atoms with Crippen LogP contribution < -0.4 is 0 Å². The van der Waals surface area contributed by atoms with Gasteiger partial charge in [-0.3, -0.25) is 0 Å². The molecule has 10 N–H and O–H groups in total. The lowest BCUT2D eigenvalue weighted by molar-refractivity contribution is 0.102. The van der Waals surface area contributed by atoms with Crippen LogP contribution in [0, 0.1) is 0 Å². The van der Waals surface area contributed by atoms with Gasteiger partial charge in [-0.05, 0) is 48.5 Å². The van der Waals surface area contributed by atoms with E-state index in [0.717, 1.165) is 0 Å². The molecule has 57 heavy (non-hydrogen) atoms. The van der Waals surface area contributed by atoms with Gasteiger partial charge in [0.2, 0.25) is 0 Å². The zero-order chi connectivity index (χ0) is 46.2. The summed E-state index contributed by atoms with van der Waals surface area (Å²) >= 11 is 0. The average molecular weight is 859 g/mol. The van der Waals surface area contributed by atoms with E-state index in [1.54, 1.807) is 21.3 Å². The third-order valence-electron chi connectivity index (χ3n) is 3.96. The molecule has 0 aliphatic rings. The molecular formula is C37H94O20. The van der Waals surface area contributed by atoms with E-state index in [2.05, 4.69) is 14.2 Å². The molecule has 0 aromatic rings. The predicted octanol–water partition coefficient (Wildman–Crippen LogP) is -1.02. The summed E-state index contributed by atoms with van der Waals surface area (Å²) in [7, 11) is 4.66. The van der Waals surface area contributed by atoms with Gasteiger partial charge in [0.15, 0.2) is 0 Å². The van der Waals surface area contributed by atoms with Gasteiger partial charge in [0.25, 0.3) is 0 Å². The highest BCUT2D eigenvalue weighted by atomic mass is 16.5. The van der Waals surface area contributed by atoms with Crippen LogP contribution in [-0.2, 0) is 47.4 Å². The maximum Gasteiger partial charge on any atom is 0.0697 e. The molecule has 0 amide bonds. The second kappa shape index (κ2) is 124. The van der Waals surface area contributed by atoms with Crippen molar-refractivity contribution in [2.75, 3.05) is 200 Å². The van der Waals surface area contributed by atoms with Crippen molar-refractivity contribution >= 4 is 0 Å². The van der Waals surface area contributed by atoms with Crippen LogP contribution in [0.5, 0.6) is 0 Å². The first-order valence-corrected chi connectivity index (χ1v) is 19.2. The first kappa shape index (κ1) is 80.2. The van der Waals surface area contributed by atoms with Gasteiger partial charge in [0, 0.05) is 67.6 Å². The normalized spacial score (nSPS) is 8.84. The number of methoxy groups -OCH3 is 3. The van der Waals surface area contributed by atoms with E-state index in [4.69, 9.17) is 84.2 Å². The van der Waals surface area contributed by atoms with Gasteiger partial charge in [0.05, 0.1) is 132 Å². The van der Waals surface area contributed by atoms with E-state index in [-0.39, 0.29) is 66.1 Å². The van der Waals surface area contributed by atoms with Crippen LogP contribution in [0.1, 0.15) is 48.5 Å². The van der Waals surface area contributed by atoms with Gasteiger partial charge in [-0.1, -0.05) is 0 Å². The summed E-state index contributed by atoms with van der Waals surface area (Å²) in [4.78, 5) is 0. The topological polar surface area (TPSA) is 295 Å². The van der Waals surface area contributed by atoms with E-state index in [1.165, 1.54) is 0 Å². The van der Waals surface area contributed by atoms with Crippen LogP contribution in [0.2, 0.25) is 0 Å². The molecule has 0 fully saturated rings. The summed E-state index contributed by atoms with van der Waals surface area (Å²) in [5, 5.41) is 80.3. The van der Waals surface area contributed by atoms with E-state index in [1.807, 2.05) is 48.5 Å². The van der Waals surface area contributed by atoms with Crippen molar-refractivity contribution in [1.82, 2.24) is 0 Å². The maximum absolute atomic E-state index is 8.07. The third kappa shape index (κ3) is 228. The number of aliphatic hydroxyl groups is 10. The van der Waals surface area contributed by atoms with Crippen molar-refractivity contribution in [2.24, 2.45) is 0 Å². The van der Waals surface area contributed by atoms with Crippen LogP contribution in [0.3, 0.4) is 0 Å². The minimum absolute atomic E-state index is 0.122. The first-order chi connectivity index (χ1) is 27.6. The molecule has 0 unspecified atom stereocenters. The molecule has 0 heterocycles. The van der Waals surface area contributed by atoms with Gasteiger partial charge < -0.3 is 98.4 Å². The number of ether oxygens (including phenoxy) is 10. The predicted molar refractivity (Wildman–Crippen MR) is 222 cm³/mol.